The van der Waals surface area contributed by atoms with E-state index >= 15 is 0 Å². The van der Waals surface area contributed by atoms with Crippen LogP contribution >= 0.6 is 8.38 Å². The summed E-state index contributed by atoms with van der Waals surface area (Å²) in [5.41, 5.74) is 0. The first-order chi connectivity index (χ1) is 7.81. The Balaban J connectivity index is 3.09. The van der Waals surface area contributed by atoms with Gasteiger partial charge in [-0.3, -0.25) is 0 Å². The second kappa shape index (κ2) is 13.3. The topological polar surface area (TPSA) is 36.9 Å². The quantitative estimate of drug-likeness (QED) is 0.395. The molecule has 0 aromatic rings. The van der Waals surface area contributed by atoms with Gasteiger partial charge in [-0.05, 0) is 12.8 Å². The average Bonchev–Trinajstić information content (AvgIpc) is 2.28. The summed E-state index contributed by atoms with van der Waals surface area (Å²) in [7, 11) is -1.12. The SMILES string of the molecule is CCCOCCO[PH+](C)OCCOCCC. The first kappa shape index (κ1) is 16.3. The highest BCUT2D eigenvalue weighted by Gasteiger charge is 2.09. The Kier molecular flexibility index (Phi) is 13.6. The zero-order valence-corrected chi connectivity index (χ0v) is 11.8. The molecule has 0 unspecified atom stereocenters. The molecule has 0 rings (SSSR count). The van der Waals surface area contributed by atoms with E-state index in [9.17, 15) is 0 Å². The van der Waals surface area contributed by atoms with Crippen molar-refractivity contribution in [1.82, 2.24) is 0 Å². The molecule has 16 heavy (non-hydrogen) atoms. The largest absolute Gasteiger partial charge is 0.379 e. The van der Waals surface area contributed by atoms with Gasteiger partial charge in [0.2, 0.25) is 0 Å². The third kappa shape index (κ3) is 12.3. The molecule has 0 bridgehead atoms. The van der Waals surface area contributed by atoms with Crippen LogP contribution < -0.4 is 0 Å². The highest BCUT2D eigenvalue weighted by molar-refractivity contribution is 7.46. The summed E-state index contributed by atoms with van der Waals surface area (Å²) in [6.45, 7) is 10.4. The van der Waals surface area contributed by atoms with Crippen molar-refractivity contribution in [3.8, 4) is 0 Å². The molecule has 5 heteroatoms. The smallest absolute Gasteiger partial charge is 0.260 e. The fourth-order valence-corrected chi connectivity index (χ4v) is 1.85. The Labute approximate surface area is 101 Å². The normalized spacial score (nSPS) is 11.2. The zero-order chi connectivity index (χ0) is 12.1. The van der Waals surface area contributed by atoms with E-state index in [0.717, 1.165) is 26.1 Å². The maximum absolute atomic E-state index is 5.49. The number of hydrogen-bond acceptors (Lipinski definition) is 4. The predicted molar refractivity (Wildman–Crippen MR) is 68.4 cm³/mol. The van der Waals surface area contributed by atoms with Crippen LogP contribution in [0.3, 0.4) is 0 Å². The summed E-state index contributed by atoms with van der Waals surface area (Å²) in [4.78, 5) is 0. The molecule has 0 amide bonds. The Morgan fingerprint density at radius 2 is 1.12 bits per heavy atom. The minimum Gasteiger partial charge on any atom is -0.379 e. The van der Waals surface area contributed by atoms with Crippen LogP contribution in [0.1, 0.15) is 26.7 Å². The third-order valence-corrected chi connectivity index (χ3v) is 2.98. The molecule has 0 aliphatic heterocycles. The standard InChI is InChI=1S/C11H25O4P/c1-4-6-12-8-10-14-16(3)15-11-9-13-7-5-2/h4-11H2,1-3H3/p+1. The lowest BCUT2D eigenvalue weighted by atomic mass is 10.5. The van der Waals surface area contributed by atoms with E-state index in [-0.39, 0.29) is 0 Å². The molecule has 0 saturated heterocycles. The van der Waals surface area contributed by atoms with Crippen LogP contribution in [0.4, 0.5) is 0 Å². The second-order valence-corrected chi connectivity index (χ2v) is 4.97. The van der Waals surface area contributed by atoms with Crippen LogP contribution in [0.2, 0.25) is 0 Å². The fourth-order valence-electron chi connectivity index (χ4n) is 1.02. The van der Waals surface area contributed by atoms with Crippen LogP contribution in [0.15, 0.2) is 0 Å². The van der Waals surface area contributed by atoms with Crippen LogP contribution in [-0.2, 0) is 18.5 Å². The van der Waals surface area contributed by atoms with Crippen molar-refractivity contribution >= 4 is 8.38 Å². The van der Waals surface area contributed by atoms with E-state index in [1.165, 1.54) is 0 Å². The Morgan fingerprint density at radius 1 is 0.688 bits per heavy atom. The van der Waals surface area contributed by atoms with Gasteiger partial charge in [-0.2, -0.15) is 0 Å². The molecule has 0 aliphatic carbocycles. The van der Waals surface area contributed by atoms with Crippen molar-refractivity contribution < 1.29 is 18.5 Å². The highest BCUT2D eigenvalue weighted by Crippen LogP contribution is 2.32. The van der Waals surface area contributed by atoms with E-state index in [4.69, 9.17) is 18.5 Å². The van der Waals surface area contributed by atoms with Gasteiger partial charge in [0.1, 0.15) is 19.9 Å². The van der Waals surface area contributed by atoms with Gasteiger partial charge in [0.05, 0.1) is 13.2 Å². The molecule has 0 atom stereocenters. The van der Waals surface area contributed by atoms with Crippen molar-refractivity contribution in [3.05, 3.63) is 0 Å². The molecule has 4 nitrogen and oxygen atoms in total. The average molecular weight is 253 g/mol. The van der Waals surface area contributed by atoms with E-state index in [0.29, 0.717) is 26.4 Å². The van der Waals surface area contributed by atoms with Crippen LogP contribution in [0.5, 0.6) is 0 Å². The third-order valence-electron chi connectivity index (χ3n) is 1.76. The van der Waals surface area contributed by atoms with Crippen LogP contribution in [0.25, 0.3) is 0 Å². The summed E-state index contributed by atoms with van der Waals surface area (Å²) < 4.78 is 21.6. The summed E-state index contributed by atoms with van der Waals surface area (Å²) in [5.74, 6) is 0. The van der Waals surface area contributed by atoms with Gasteiger partial charge in [0, 0.05) is 13.2 Å². The minimum atomic E-state index is -1.12. The van der Waals surface area contributed by atoms with Gasteiger partial charge in [-0.15, -0.1) is 0 Å². The Morgan fingerprint density at radius 3 is 1.50 bits per heavy atom. The van der Waals surface area contributed by atoms with Crippen molar-refractivity contribution in [2.75, 3.05) is 46.3 Å². The first-order valence-corrected chi connectivity index (χ1v) is 7.87. The number of rotatable bonds is 12. The molecular formula is C11H26O4P+. The molecular weight excluding hydrogens is 227 g/mol. The molecule has 0 spiro atoms. The summed E-state index contributed by atoms with van der Waals surface area (Å²) in [5, 5.41) is 0. The molecule has 0 radical (unpaired) electrons. The number of hydrogen-bond donors (Lipinski definition) is 0. The van der Waals surface area contributed by atoms with Crippen molar-refractivity contribution in [3.63, 3.8) is 0 Å². The lowest BCUT2D eigenvalue weighted by Gasteiger charge is -2.06. The van der Waals surface area contributed by atoms with E-state index in [2.05, 4.69) is 13.8 Å². The summed E-state index contributed by atoms with van der Waals surface area (Å²) in [6, 6.07) is 0. The number of ether oxygens (including phenoxy) is 2. The van der Waals surface area contributed by atoms with Gasteiger partial charge < -0.3 is 9.47 Å². The van der Waals surface area contributed by atoms with Gasteiger partial charge in [-0.25, -0.2) is 9.05 Å². The maximum atomic E-state index is 5.49. The molecule has 0 aromatic carbocycles. The van der Waals surface area contributed by atoms with Crippen molar-refractivity contribution in [1.29, 1.82) is 0 Å². The summed E-state index contributed by atoms with van der Waals surface area (Å²) in [6.07, 6.45) is 2.10. The van der Waals surface area contributed by atoms with Gasteiger partial charge >= 0.3 is 0 Å². The lowest BCUT2D eigenvalue weighted by Crippen LogP contribution is -2.05. The Hall–Kier alpha value is 0.270. The predicted octanol–water partition coefficient (Wildman–Crippen LogP) is 2.55. The van der Waals surface area contributed by atoms with E-state index < -0.39 is 8.38 Å². The molecule has 98 valence electrons. The van der Waals surface area contributed by atoms with Gasteiger partial charge in [0.25, 0.3) is 8.38 Å². The lowest BCUT2D eigenvalue weighted by molar-refractivity contribution is 0.0847. The van der Waals surface area contributed by atoms with Crippen molar-refractivity contribution in [2.45, 2.75) is 26.7 Å². The molecule has 0 aromatic heterocycles. The highest BCUT2D eigenvalue weighted by atomic mass is 31.2. The van der Waals surface area contributed by atoms with E-state index in [1.54, 1.807) is 0 Å². The summed E-state index contributed by atoms with van der Waals surface area (Å²) >= 11 is 0. The fraction of sp³-hybridized carbons (Fsp3) is 1.00. The zero-order valence-electron chi connectivity index (χ0n) is 10.8. The van der Waals surface area contributed by atoms with Crippen LogP contribution in [0, 0.1) is 0 Å². The Bertz CT molecular complexity index is 121. The maximum Gasteiger partial charge on any atom is 0.260 e. The van der Waals surface area contributed by atoms with Gasteiger partial charge in [0.15, 0.2) is 0 Å². The van der Waals surface area contributed by atoms with Crippen LogP contribution in [-0.4, -0.2) is 46.3 Å². The first-order valence-electron chi connectivity index (χ1n) is 6.05. The molecule has 0 fully saturated rings. The monoisotopic (exact) mass is 253 g/mol. The minimum absolute atomic E-state index is 0.626. The van der Waals surface area contributed by atoms with E-state index in [1.807, 2.05) is 6.66 Å². The second-order valence-electron chi connectivity index (χ2n) is 3.41. The molecule has 0 heterocycles. The molecule has 0 N–H and O–H groups in total. The molecule has 0 aliphatic rings. The van der Waals surface area contributed by atoms with Crippen molar-refractivity contribution in [2.24, 2.45) is 0 Å². The molecule has 0 saturated carbocycles. The van der Waals surface area contributed by atoms with Gasteiger partial charge in [-0.1, -0.05) is 13.8 Å².